The fourth-order valence-electron chi connectivity index (χ4n) is 1.95. The molecular weight excluding hydrogens is 172 g/mol. The van der Waals surface area contributed by atoms with Crippen LogP contribution in [0.5, 0.6) is 0 Å². The molecule has 1 fully saturated rings. The highest BCUT2D eigenvalue weighted by Crippen LogP contribution is 2.20. The third-order valence-corrected chi connectivity index (χ3v) is 2.96. The highest BCUT2D eigenvalue weighted by Gasteiger charge is 2.19. The van der Waals surface area contributed by atoms with Gasteiger partial charge in [0, 0.05) is 12.6 Å². The minimum atomic E-state index is 0.662. The maximum atomic E-state index is 3.49. The smallest absolute Gasteiger partial charge is 0.0519 e. The molecule has 76 valence electrons. The number of nitrogens with one attached hydrogen (secondary N) is 1. The molecule has 1 aromatic rings. The summed E-state index contributed by atoms with van der Waals surface area (Å²) in [6.07, 6.45) is 2.61. The molecule has 0 spiro atoms. The molecule has 1 aliphatic rings. The lowest BCUT2D eigenvalue weighted by Gasteiger charge is -2.24. The average Bonchev–Trinajstić information content (AvgIpc) is 2.56. The average molecular weight is 190 g/mol. The van der Waals surface area contributed by atoms with E-state index in [1.807, 2.05) is 0 Å². The molecule has 2 rings (SSSR count). The van der Waals surface area contributed by atoms with Crippen LogP contribution in [0.3, 0.4) is 0 Å². The Morgan fingerprint density at radius 3 is 2.79 bits per heavy atom. The molecule has 14 heavy (non-hydrogen) atoms. The fraction of sp³-hybridized carbons (Fsp3) is 0.500. The van der Waals surface area contributed by atoms with E-state index in [0.29, 0.717) is 6.04 Å². The summed E-state index contributed by atoms with van der Waals surface area (Å²) < 4.78 is 0. The zero-order chi connectivity index (χ0) is 9.97. The first-order valence-electron chi connectivity index (χ1n) is 5.36. The predicted octanol–water partition coefficient (Wildman–Crippen LogP) is 2.81. The van der Waals surface area contributed by atoms with Crippen LogP contribution in [0.2, 0.25) is 0 Å². The summed E-state index contributed by atoms with van der Waals surface area (Å²) >= 11 is 0. The normalized spacial score (nSPS) is 22.6. The molecule has 0 bridgehead atoms. The van der Waals surface area contributed by atoms with Gasteiger partial charge in [0.2, 0.25) is 0 Å². The maximum absolute atomic E-state index is 3.49. The maximum Gasteiger partial charge on any atom is 0.0519 e. The SMILES string of the molecule is Cc1ccccc1NN1CCCC1C. The van der Waals surface area contributed by atoms with E-state index in [0.717, 1.165) is 6.54 Å². The molecule has 0 saturated carbocycles. The van der Waals surface area contributed by atoms with Crippen molar-refractivity contribution >= 4 is 5.69 Å². The van der Waals surface area contributed by atoms with Crippen molar-refractivity contribution in [2.24, 2.45) is 0 Å². The van der Waals surface area contributed by atoms with Gasteiger partial charge in [0.05, 0.1) is 5.69 Å². The number of hydrogen-bond acceptors (Lipinski definition) is 2. The lowest BCUT2D eigenvalue weighted by atomic mass is 10.2. The van der Waals surface area contributed by atoms with Crippen molar-refractivity contribution in [1.29, 1.82) is 0 Å². The first kappa shape index (κ1) is 9.53. The van der Waals surface area contributed by atoms with Gasteiger partial charge in [-0.3, -0.25) is 0 Å². The molecule has 2 heteroatoms. The molecule has 1 heterocycles. The summed E-state index contributed by atoms with van der Waals surface area (Å²) in [4.78, 5) is 0. The Bertz CT molecular complexity index is 309. The Hall–Kier alpha value is -1.02. The van der Waals surface area contributed by atoms with Crippen molar-refractivity contribution in [2.75, 3.05) is 12.0 Å². The van der Waals surface area contributed by atoms with Crippen LogP contribution in [0.15, 0.2) is 24.3 Å². The van der Waals surface area contributed by atoms with E-state index >= 15 is 0 Å². The number of hydrogen-bond donors (Lipinski definition) is 1. The van der Waals surface area contributed by atoms with Gasteiger partial charge >= 0.3 is 0 Å². The summed E-state index contributed by atoms with van der Waals surface area (Å²) in [5.74, 6) is 0. The highest BCUT2D eigenvalue weighted by molar-refractivity contribution is 5.49. The first-order chi connectivity index (χ1) is 6.77. The highest BCUT2D eigenvalue weighted by atomic mass is 15.5. The summed E-state index contributed by atoms with van der Waals surface area (Å²) in [5, 5.41) is 2.34. The predicted molar refractivity (Wildman–Crippen MR) is 60.2 cm³/mol. The molecular formula is C12H18N2. The Labute approximate surface area is 85.9 Å². The number of anilines is 1. The summed E-state index contributed by atoms with van der Waals surface area (Å²) in [5.41, 5.74) is 6.04. The van der Waals surface area contributed by atoms with Gasteiger partial charge in [-0.2, -0.15) is 0 Å². The van der Waals surface area contributed by atoms with Gasteiger partial charge in [-0.15, -0.1) is 0 Å². The van der Waals surface area contributed by atoms with Gasteiger partial charge in [-0.1, -0.05) is 18.2 Å². The van der Waals surface area contributed by atoms with Crippen LogP contribution < -0.4 is 5.43 Å². The Kier molecular flexibility index (Phi) is 2.73. The number of benzene rings is 1. The van der Waals surface area contributed by atoms with E-state index in [4.69, 9.17) is 0 Å². The van der Waals surface area contributed by atoms with Crippen molar-refractivity contribution in [2.45, 2.75) is 32.7 Å². The third-order valence-electron chi connectivity index (χ3n) is 2.96. The lowest BCUT2D eigenvalue weighted by molar-refractivity contribution is 0.325. The van der Waals surface area contributed by atoms with E-state index in [-0.39, 0.29) is 0 Å². The van der Waals surface area contributed by atoms with Crippen LogP contribution in [0.1, 0.15) is 25.3 Å². The van der Waals surface area contributed by atoms with E-state index in [2.05, 4.69) is 48.5 Å². The molecule has 1 aromatic carbocycles. The number of aryl methyl sites for hydroxylation is 1. The van der Waals surface area contributed by atoms with Crippen LogP contribution in [0.25, 0.3) is 0 Å². The van der Waals surface area contributed by atoms with Gasteiger partial charge in [0.25, 0.3) is 0 Å². The summed E-state index contributed by atoms with van der Waals surface area (Å²) in [6.45, 7) is 5.58. The molecule has 0 radical (unpaired) electrons. The minimum absolute atomic E-state index is 0.662. The second-order valence-corrected chi connectivity index (χ2v) is 4.11. The number of para-hydroxylation sites is 1. The summed E-state index contributed by atoms with van der Waals surface area (Å²) in [6, 6.07) is 9.10. The topological polar surface area (TPSA) is 15.3 Å². The molecule has 2 nitrogen and oxygen atoms in total. The Balaban J connectivity index is 2.07. The molecule has 1 saturated heterocycles. The van der Waals surface area contributed by atoms with Crippen LogP contribution in [-0.2, 0) is 0 Å². The molecule has 0 aliphatic carbocycles. The first-order valence-corrected chi connectivity index (χ1v) is 5.36. The van der Waals surface area contributed by atoms with Crippen LogP contribution in [0, 0.1) is 6.92 Å². The largest absolute Gasteiger partial charge is 0.318 e. The van der Waals surface area contributed by atoms with E-state index in [9.17, 15) is 0 Å². The van der Waals surface area contributed by atoms with Gasteiger partial charge in [0.1, 0.15) is 0 Å². The van der Waals surface area contributed by atoms with Gasteiger partial charge in [0.15, 0.2) is 0 Å². The van der Waals surface area contributed by atoms with E-state index < -0.39 is 0 Å². The number of hydrazine groups is 1. The molecule has 0 aromatic heterocycles. The zero-order valence-corrected chi connectivity index (χ0v) is 8.96. The van der Waals surface area contributed by atoms with Crippen molar-refractivity contribution in [1.82, 2.24) is 5.01 Å². The van der Waals surface area contributed by atoms with Crippen molar-refractivity contribution in [3.63, 3.8) is 0 Å². The van der Waals surface area contributed by atoms with Gasteiger partial charge in [-0.05, 0) is 38.3 Å². The molecule has 0 amide bonds. The Morgan fingerprint density at radius 1 is 1.36 bits per heavy atom. The van der Waals surface area contributed by atoms with Gasteiger partial charge < -0.3 is 5.43 Å². The summed E-state index contributed by atoms with van der Waals surface area (Å²) in [7, 11) is 0. The number of nitrogens with zero attached hydrogens (tertiary/aromatic N) is 1. The van der Waals surface area contributed by atoms with E-state index in [1.54, 1.807) is 0 Å². The quantitative estimate of drug-likeness (QED) is 0.771. The monoisotopic (exact) mass is 190 g/mol. The Morgan fingerprint density at radius 2 is 2.14 bits per heavy atom. The zero-order valence-electron chi connectivity index (χ0n) is 8.96. The fourth-order valence-corrected chi connectivity index (χ4v) is 1.95. The van der Waals surface area contributed by atoms with Crippen LogP contribution >= 0.6 is 0 Å². The molecule has 1 atom stereocenters. The van der Waals surface area contributed by atoms with Crippen molar-refractivity contribution in [3.8, 4) is 0 Å². The molecule has 1 unspecified atom stereocenters. The van der Waals surface area contributed by atoms with Crippen LogP contribution in [-0.4, -0.2) is 17.6 Å². The second kappa shape index (κ2) is 4.01. The van der Waals surface area contributed by atoms with Crippen molar-refractivity contribution in [3.05, 3.63) is 29.8 Å². The van der Waals surface area contributed by atoms with E-state index in [1.165, 1.54) is 24.1 Å². The van der Waals surface area contributed by atoms with Crippen LogP contribution in [0.4, 0.5) is 5.69 Å². The molecule has 1 aliphatic heterocycles. The number of rotatable bonds is 2. The molecule has 1 N–H and O–H groups in total. The lowest BCUT2D eigenvalue weighted by Crippen LogP contribution is -2.32. The second-order valence-electron chi connectivity index (χ2n) is 4.11. The standard InChI is InChI=1S/C12H18N2/c1-10-6-3-4-8-12(10)13-14-9-5-7-11(14)2/h3-4,6,8,11,13H,5,7,9H2,1-2H3. The van der Waals surface area contributed by atoms with Crippen molar-refractivity contribution < 1.29 is 0 Å². The van der Waals surface area contributed by atoms with Gasteiger partial charge in [-0.25, -0.2) is 5.01 Å². The third kappa shape index (κ3) is 1.90. The minimum Gasteiger partial charge on any atom is -0.318 e.